The number of nitrogens with zero attached hydrogens (tertiary/aromatic N) is 1. The van der Waals surface area contributed by atoms with Crippen molar-refractivity contribution in [3.63, 3.8) is 0 Å². The lowest BCUT2D eigenvalue weighted by atomic mass is 9.53. The molecule has 1 aromatic carbocycles. The largest absolute Gasteiger partial charge is 0.497 e. The van der Waals surface area contributed by atoms with Gasteiger partial charge in [0.2, 0.25) is 5.91 Å². The molecular formula is C27H37N3O5S. The first-order chi connectivity index (χ1) is 17.2. The maximum atomic E-state index is 12.8. The van der Waals surface area contributed by atoms with E-state index in [2.05, 4.69) is 24.5 Å². The molecule has 0 unspecified atom stereocenters. The van der Waals surface area contributed by atoms with Crippen LogP contribution >= 0.6 is 11.3 Å². The van der Waals surface area contributed by atoms with Crippen molar-refractivity contribution in [2.75, 3.05) is 32.7 Å². The molecule has 0 spiro atoms. The van der Waals surface area contributed by atoms with E-state index in [0.717, 1.165) is 25.0 Å². The van der Waals surface area contributed by atoms with Crippen LogP contribution in [0.25, 0.3) is 0 Å². The van der Waals surface area contributed by atoms with E-state index in [-0.39, 0.29) is 40.9 Å². The number of carbonyl (C=O) groups excluding carboxylic acids is 2. The summed E-state index contributed by atoms with van der Waals surface area (Å²) >= 11 is 1.52. The fraction of sp³-hybridized carbons (Fsp3) is 0.593. The van der Waals surface area contributed by atoms with E-state index in [0.29, 0.717) is 29.6 Å². The molecule has 0 bridgehead atoms. The number of amides is 2. The number of rotatable bonds is 8. The van der Waals surface area contributed by atoms with E-state index in [1.165, 1.54) is 16.2 Å². The smallest absolute Gasteiger partial charge is 0.257 e. The van der Waals surface area contributed by atoms with Gasteiger partial charge in [-0.2, -0.15) is 0 Å². The standard InChI is InChI=1S/C27H37N3O5S/c1-15(24(32)28-12-13-34-4)19-10-11-27(3)14-20-22(16(2)21(27)23(19)31)29-26(36-20)30-25(33)17-6-8-18(35-5)9-7-17/h6-9,15-16,19,21,23,31H,10-14H2,1-5H3,(H,28,32)(H,29,30,33)/t15-,16+,19+,21+,23-,27+/m0/s1. The molecule has 9 heteroatoms. The van der Waals surface area contributed by atoms with Crippen LogP contribution in [-0.2, 0) is 16.0 Å². The van der Waals surface area contributed by atoms with Crippen molar-refractivity contribution in [3.8, 4) is 5.75 Å². The van der Waals surface area contributed by atoms with E-state index in [4.69, 9.17) is 14.5 Å². The zero-order valence-corrected chi connectivity index (χ0v) is 22.5. The van der Waals surface area contributed by atoms with Crippen molar-refractivity contribution in [2.45, 2.75) is 52.1 Å². The van der Waals surface area contributed by atoms with Crippen LogP contribution < -0.4 is 15.4 Å². The van der Waals surface area contributed by atoms with Crippen molar-refractivity contribution in [1.82, 2.24) is 10.3 Å². The quantitative estimate of drug-likeness (QED) is 0.461. The topological polar surface area (TPSA) is 110 Å². The lowest BCUT2D eigenvalue weighted by Gasteiger charge is -2.53. The van der Waals surface area contributed by atoms with Crippen molar-refractivity contribution < 1.29 is 24.2 Å². The van der Waals surface area contributed by atoms with Crippen LogP contribution in [0.15, 0.2) is 24.3 Å². The zero-order chi connectivity index (χ0) is 26.0. The molecule has 3 N–H and O–H groups in total. The first-order valence-corrected chi connectivity index (χ1v) is 13.4. The third-order valence-electron chi connectivity index (χ3n) is 8.16. The van der Waals surface area contributed by atoms with Crippen LogP contribution in [0.1, 0.15) is 60.5 Å². The highest BCUT2D eigenvalue weighted by molar-refractivity contribution is 7.15. The van der Waals surface area contributed by atoms with E-state index >= 15 is 0 Å². The number of nitrogens with one attached hydrogen (secondary N) is 2. The molecular weight excluding hydrogens is 478 g/mol. The van der Waals surface area contributed by atoms with Gasteiger partial charge in [-0.1, -0.05) is 20.8 Å². The molecule has 196 valence electrons. The highest BCUT2D eigenvalue weighted by Crippen LogP contribution is 2.57. The number of thiazole rings is 1. The second kappa shape index (κ2) is 10.9. The molecule has 4 rings (SSSR count). The van der Waals surface area contributed by atoms with Crippen molar-refractivity contribution in [2.24, 2.45) is 23.2 Å². The van der Waals surface area contributed by atoms with Gasteiger partial charge in [-0.3, -0.25) is 14.9 Å². The van der Waals surface area contributed by atoms with Gasteiger partial charge in [-0.15, -0.1) is 11.3 Å². The first kappa shape index (κ1) is 26.6. The first-order valence-electron chi connectivity index (χ1n) is 12.6. The lowest BCUT2D eigenvalue weighted by molar-refractivity contribution is -0.135. The fourth-order valence-corrected chi connectivity index (χ4v) is 7.40. The summed E-state index contributed by atoms with van der Waals surface area (Å²) in [6.07, 6.45) is 1.94. The predicted molar refractivity (Wildman–Crippen MR) is 140 cm³/mol. The molecule has 0 radical (unpaired) electrons. The van der Waals surface area contributed by atoms with Crippen LogP contribution in [0, 0.1) is 23.2 Å². The van der Waals surface area contributed by atoms with Crippen LogP contribution in [0.5, 0.6) is 5.75 Å². The van der Waals surface area contributed by atoms with Gasteiger partial charge in [0.15, 0.2) is 5.13 Å². The summed E-state index contributed by atoms with van der Waals surface area (Å²) in [5.74, 6) is 0.0507. The number of benzene rings is 1. The Morgan fingerprint density at radius 1 is 1.28 bits per heavy atom. The Bertz CT molecular complexity index is 1090. The number of aromatic nitrogens is 1. The maximum Gasteiger partial charge on any atom is 0.257 e. The second-order valence-electron chi connectivity index (χ2n) is 10.4. The molecule has 1 aromatic heterocycles. The van der Waals surface area contributed by atoms with Gasteiger partial charge in [-0.05, 0) is 60.8 Å². The van der Waals surface area contributed by atoms with Gasteiger partial charge in [0.1, 0.15) is 5.75 Å². The summed E-state index contributed by atoms with van der Waals surface area (Å²) in [5, 5.41) is 18.0. The molecule has 2 aliphatic carbocycles. The number of hydrogen-bond acceptors (Lipinski definition) is 7. The van der Waals surface area contributed by atoms with Crippen LogP contribution in [0.3, 0.4) is 0 Å². The molecule has 2 amide bonds. The highest BCUT2D eigenvalue weighted by Gasteiger charge is 2.53. The molecule has 2 aliphatic rings. The van der Waals surface area contributed by atoms with Crippen molar-refractivity contribution in [1.29, 1.82) is 0 Å². The lowest BCUT2D eigenvalue weighted by Crippen LogP contribution is -2.53. The summed E-state index contributed by atoms with van der Waals surface area (Å²) in [4.78, 5) is 31.5. The van der Waals surface area contributed by atoms with E-state index in [1.54, 1.807) is 38.5 Å². The summed E-state index contributed by atoms with van der Waals surface area (Å²) in [5.41, 5.74) is 1.40. The van der Waals surface area contributed by atoms with Gasteiger partial charge in [0, 0.05) is 35.9 Å². The average molecular weight is 516 g/mol. The predicted octanol–water partition coefficient (Wildman–Crippen LogP) is 3.86. The molecule has 1 fully saturated rings. The molecule has 6 atom stereocenters. The second-order valence-corrected chi connectivity index (χ2v) is 11.5. The number of aliphatic hydroxyl groups excluding tert-OH is 1. The molecule has 1 saturated carbocycles. The number of ether oxygens (including phenoxy) is 2. The molecule has 0 aliphatic heterocycles. The maximum absolute atomic E-state index is 12.8. The Morgan fingerprint density at radius 2 is 2.00 bits per heavy atom. The third kappa shape index (κ3) is 5.14. The van der Waals surface area contributed by atoms with Crippen LogP contribution in [0.4, 0.5) is 5.13 Å². The van der Waals surface area contributed by atoms with Gasteiger partial charge in [0.05, 0.1) is 25.5 Å². The Hall–Kier alpha value is -2.49. The average Bonchev–Trinajstić information content (AvgIpc) is 3.25. The minimum atomic E-state index is -0.603. The Morgan fingerprint density at radius 3 is 2.67 bits per heavy atom. The molecule has 8 nitrogen and oxygen atoms in total. The van der Waals surface area contributed by atoms with Crippen LogP contribution in [0.2, 0.25) is 0 Å². The summed E-state index contributed by atoms with van der Waals surface area (Å²) in [7, 11) is 3.19. The molecule has 2 aromatic rings. The van der Waals surface area contributed by atoms with Crippen molar-refractivity contribution in [3.05, 3.63) is 40.4 Å². The Kier molecular flexibility index (Phi) is 8.02. The summed E-state index contributed by atoms with van der Waals surface area (Å²) in [6.45, 7) is 7.20. The SMILES string of the molecule is COCCNC(=O)[C@@H](C)[C@H]1CC[C@]2(C)Cc3sc(NC(=O)c4ccc(OC)cc4)nc3[C@H](C)[C@@H]2[C@H]1O. The van der Waals surface area contributed by atoms with Crippen molar-refractivity contribution >= 4 is 28.3 Å². The van der Waals surface area contributed by atoms with E-state index in [9.17, 15) is 14.7 Å². The number of carbonyl (C=O) groups is 2. The van der Waals surface area contributed by atoms with Gasteiger partial charge < -0.3 is 19.9 Å². The number of hydrogen-bond donors (Lipinski definition) is 3. The molecule has 1 heterocycles. The number of fused-ring (bicyclic) bond motifs is 2. The summed E-state index contributed by atoms with van der Waals surface area (Å²) < 4.78 is 10.2. The number of aliphatic hydroxyl groups is 1. The zero-order valence-electron chi connectivity index (χ0n) is 21.7. The third-order valence-corrected chi connectivity index (χ3v) is 9.14. The number of anilines is 1. The monoisotopic (exact) mass is 515 g/mol. The van der Waals surface area contributed by atoms with Gasteiger partial charge in [0.25, 0.3) is 5.91 Å². The molecule has 36 heavy (non-hydrogen) atoms. The minimum Gasteiger partial charge on any atom is -0.497 e. The molecule has 0 saturated heterocycles. The fourth-order valence-electron chi connectivity index (χ4n) is 6.14. The highest BCUT2D eigenvalue weighted by atomic mass is 32.1. The Balaban J connectivity index is 1.49. The van der Waals surface area contributed by atoms with E-state index in [1.807, 2.05) is 6.92 Å². The summed E-state index contributed by atoms with van der Waals surface area (Å²) in [6, 6.07) is 6.96. The van der Waals surface area contributed by atoms with Crippen LogP contribution in [-0.4, -0.2) is 55.4 Å². The normalized spacial score (nSPS) is 27.9. The van der Waals surface area contributed by atoms with E-state index < -0.39 is 6.10 Å². The van der Waals surface area contributed by atoms with Gasteiger partial charge >= 0.3 is 0 Å². The van der Waals surface area contributed by atoms with Gasteiger partial charge in [-0.25, -0.2) is 4.98 Å². The Labute approximate surface area is 216 Å². The minimum absolute atomic E-state index is 0.00906. The number of methoxy groups -OCH3 is 2.